The van der Waals surface area contributed by atoms with Crippen LogP contribution in [0.15, 0.2) is 12.1 Å². The normalized spacial score (nSPS) is 10.4. The Balaban J connectivity index is 0.00000324. The highest BCUT2D eigenvalue weighted by Gasteiger charge is 2.07. The Morgan fingerprint density at radius 1 is 1.16 bits per heavy atom. The van der Waals surface area contributed by atoms with E-state index in [9.17, 15) is 0 Å². The number of halogens is 2. The molecule has 0 aromatic heterocycles. The Hall–Kier alpha value is -0.480. The second kappa shape index (κ2) is 9.43. The lowest BCUT2D eigenvalue weighted by Crippen LogP contribution is -3.00. The van der Waals surface area contributed by atoms with Gasteiger partial charge >= 0.3 is 0 Å². The molecule has 0 aliphatic heterocycles. The van der Waals surface area contributed by atoms with Gasteiger partial charge in [0.1, 0.15) is 12.4 Å². The fraction of sp³-hybridized carbons (Fsp3) is 0.571. The van der Waals surface area contributed by atoms with E-state index in [0.717, 1.165) is 41.5 Å². The molecule has 1 aromatic carbocycles. The van der Waals surface area contributed by atoms with Gasteiger partial charge in [-0.15, -0.1) is 0 Å². The summed E-state index contributed by atoms with van der Waals surface area (Å²) in [5.74, 6) is 0.811. The van der Waals surface area contributed by atoms with E-state index >= 15 is 0 Å². The first-order valence-electron chi connectivity index (χ1n) is 6.26. The number of nitrogens with one attached hydrogen (secondary N) is 1. The van der Waals surface area contributed by atoms with Gasteiger partial charge in [-0.05, 0) is 39.1 Å². The molecule has 1 N–H and O–H groups in total. The van der Waals surface area contributed by atoms with Gasteiger partial charge in [0, 0.05) is 19.6 Å². The van der Waals surface area contributed by atoms with Crippen LogP contribution in [-0.4, -0.2) is 45.2 Å². The van der Waals surface area contributed by atoms with E-state index in [1.54, 1.807) is 0 Å². The molecule has 5 heteroatoms. The smallest absolute Gasteiger partial charge is 0.141 e. The molecule has 0 aliphatic rings. The zero-order valence-corrected chi connectivity index (χ0v) is 13.6. The highest BCUT2D eigenvalue weighted by atomic mass is 35.5. The van der Waals surface area contributed by atoms with Crippen LogP contribution in [0.3, 0.4) is 0 Å². The molecule has 0 radical (unpaired) electrons. The third-order valence-electron chi connectivity index (χ3n) is 2.75. The van der Waals surface area contributed by atoms with E-state index in [-0.39, 0.29) is 12.4 Å². The predicted molar refractivity (Wildman–Crippen MR) is 77.8 cm³/mol. The second-order valence-corrected chi connectivity index (χ2v) is 5.12. The van der Waals surface area contributed by atoms with Crippen LogP contribution in [0.5, 0.6) is 5.75 Å². The fourth-order valence-corrected chi connectivity index (χ4v) is 1.85. The topological polar surface area (TPSA) is 24.5 Å². The van der Waals surface area contributed by atoms with Gasteiger partial charge in [-0.25, -0.2) is 0 Å². The first-order chi connectivity index (χ1) is 8.52. The highest BCUT2D eigenvalue weighted by molar-refractivity contribution is 6.32. The Kier molecular flexibility index (Phi) is 9.19. The van der Waals surface area contributed by atoms with Gasteiger partial charge in [0.2, 0.25) is 0 Å². The monoisotopic (exact) mass is 305 g/mol. The Morgan fingerprint density at radius 2 is 1.79 bits per heavy atom. The van der Waals surface area contributed by atoms with E-state index in [2.05, 4.69) is 24.3 Å². The standard InChI is InChI=1S/C14H23ClN2O.ClH/c1-11-5-6-12(2)14(13(11)15)18-10-8-16-7-9-17(3)4;/h5-6,16H,7-10H2,1-4H3;1H/p-1. The van der Waals surface area contributed by atoms with Crippen LogP contribution in [0.1, 0.15) is 11.1 Å². The van der Waals surface area contributed by atoms with Gasteiger partial charge in [-0.2, -0.15) is 0 Å². The minimum Gasteiger partial charge on any atom is -1.00 e. The lowest BCUT2D eigenvalue weighted by molar-refractivity contribution is -0.00000432. The maximum absolute atomic E-state index is 6.23. The third kappa shape index (κ3) is 6.48. The second-order valence-electron chi connectivity index (χ2n) is 4.74. The van der Waals surface area contributed by atoms with Crippen LogP contribution in [-0.2, 0) is 0 Å². The molecule has 0 amide bonds. The molecule has 0 aliphatic carbocycles. The molecule has 0 heterocycles. The summed E-state index contributed by atoms with van der Waals surface area (Å²) in [5, 5.41) is 4.06. The largest absolute Gasteiger partial charge is 1.00 e. The molecule has 110 valence electrons. The molecule has 0 bridgehead atoms. The Labute approximate surface area is 127 Å². The van der Waals surface area contributed by atoms with Crippen LogP contribution < -0.4 is 22.5 Å². The van der Waals surface area contributed by atoms with Crippen molar-refractivity contribution in [2.45, 2.75) is 13.8 Å². The molecule has 19 heavy (non-hydrogen) atoms. The number of ether oxygens (including phenoxy) is 1. The zero-order valence-electron chi connectivity index (χ0n) is 12.1. The molecule has 0 saturated carbocycles. The molecule has 0 saturated heterocycles. The Bertz CT molecular complexity index is 384. The highest BCUT2D eigenvalue weighted by Crippen LogP contribution is 2.31. The van der Waals surface area contributed by atoms with Crippen molar-refractivity contribution in [2.75, 3.05) is 40.3 Å². The number of nitrogens with zero attached hydrogens (tertiary/aromatic N) is 1. The number of hydrogen-bond acceptors (Lipinski definition) is 3. The lowest BCUT2D eigenvalue weighted by atomic mass is 10.1. The van der Waals surface area contributed by atoms with Crippen molar-refractivity contribution >= 4 is 11.6 Å². The number of hydrogen-bond donors (Lipinski definition) is 1. The zero-order chi connectivity index (χ0) is 13.5. The molecule has 1 rings (SSSR count). The summed E-state index contributed by atoms with van der Waals surface area (Å²) in [4.78, 5) is 2.15. The van der Waals surface area contributed by atoms with Crippen molar-refractivity contribution < 1.29 is 17.1 Å². The first kappa shape index (κ1) is 18.5. The summed E-state index contributed by atoms with van der Waals surface area (Å²) in [6.07, 6.45) is 0. The number of likely N-dealkylation sites (N-methyl/N-ethyl adjacent to an activating group) is 1. The van der Waals surface area contributed by atoms with Crippen molar-refractivity contribution in [3.63, 3.8) is 0 Å². The van der Waals surface area contributed by atoms with Crippen molar-refractivity contribution in [1.29, 1.82) is 0 Å². The van der Waals surface area contributed by atoms with E-state index in [4.69, 9.17) is 16.3 Å². The van der Waals surface area contributed by atoms with E-state index in [1.165, 1.54) is 0 Å². The van der Waals surface area contributed by atoms with E-state index in [1.807, 2.05) is 26.0 Å². The molecular formula is C14H23Cl2N2O-. The molecular weight excluding hydrogens is 283 g/mol. The minimum absolute atomic E-state index is 0. The molecule has 0 unspecified atom stereocenters. The number of rotatable bonds is 7. The van der Waals surface area contributed by atoms with Gasteiger partial charge in [-0.3, -0.25) is 0 Å². The quantitative estimate of drug-likeness (QED) is 0.687. The average Bonchev–Trinajstić information content (AvgIpc) is 2.32. The maximum Gasteiger partial charge on any atom is 0.141 e. The summed E-state index contributed by atoms with van der Waals surface area (Å²) in [6, 6.07) is 4.05. The summed E-state index contributed by atoms with van der Waals surface area (Å²) >= 11 is 6.23. The fourth-order valence-electron chi connectivity index (χ4n) is 1.58. The molecule has 3 nitrogen and oxygen atoms in total. The summed E-state index contributed by atoms with van der Waals surface area (Å²) in [7, 11) is 4.13. The number of aryl methyl sites for hydroxylation is 2. The molecule has 0 spiro atoms. The maximum atomic E-state index is 6.23. The third-order valence-corrected chi connectivity index (χ3v) is 3.22. The van der Waals surface area contributed by atoms with Crippen LogP contribution in [0.25, 0.3) is 0 Å². The summed E-state index contributed by atoms with van der Waals surface area (Å²) < 4.78 is 5.75. The van der Waals surface area contributed by atoms with Crippen LogP contribution in [0.4, 0.5) is 0 Å². The molecule has 0 atom stereocenters. The van der Waals surface area contributed by atoms with Gasteiger partial charge in [0.05, 0.1) is 5.02 Å². The van der Waals surface area contributed by atoms with Crippen LogP contribution >= 0.6 is 11.6 Å². The van der Waals surface area contributed by atoms with Crippen molar-refractivity contribution in [1.82, 2.24) is 10.2 Å². The van der Waals surface area contributed by atoms with Crippen molar-refractivity contribution in [2.24, 2.45) is 0 Å². The average molecular weight is 306 g/mol. The summed E-state index contributed by atoms with van der Waals surface area (Å²) in [6.45, 7) is 7.47. The van der Waals surface area contributed by atoms with E-state index in [0.29, 0.717) is 6.61 Å². The van der Waals surface area contributed by atoms with Crippen LogP contribution in [0.2, 0.25) is 5.02 Å². The van der Waals surface area contributed by atoms with Crippen LogP contribution in [0, 0.1) is 13.8 Å². The van der Waals surface area contributed by atoms with Gasteiger partial charge in [0.25, 0.3) is 0 Å². The molecule has 1 aromatic rings. The SMILES string of the molecule is Cc1ccc(C)c(OCCNCCN(C)C)c1Cl.[Cl-]. The molecule has 0 fully saturated rings. The summed E-state index contributed by atoms with van der Waals surface area (Å²) in [5.41, 5.74) is 2.14. The van der Waals surface area contributed by atoms with Crippen molar-refractivity contribution in [3.8, 4) is 5.75 Å². The van der Waals surface area contributed by atoms with E-state index < -0.39 is 0 Å². The van der Waals surface area contributed by atoms with Gasteiger partial charge in [0.15, 0.2) is 0 Å². The van der Waals surface area contributed by atoms with Crippen molar-refractivity contribution in [3.05, 3.63) is 28.3 Å². The number of benzene rings is 1. The Morgan fingerprint density at radius 3 is 2.42 bits per heavy atom. The van der Waals surface area contributed by atoms with Gasteiger partial charge in [-0.1, -0.05) is 23.7 Å². The lowest BCUT2D eigenvalue weighted by Gasteiger charge is -2.14. The minimum atomic E-state index is 0. The predicted octanol–water partition coefficient (Wildman–Crippen LogP) is -0.509. The van der Waals surface area contributed by atoms with Gasteiger partial charge < -0.3 is 27.4 Å². The first-order valence-corrected chi connectivity index (χ1v) is 6.64.